The van der Waals surface area contributed by atoms with Crippen LogP contribution in [0.15, 0.2) is 72.9 Å². The van der Waals surface area contributed by atoms with E-state index in [0.29, 0.717) is 13.0 Å². The van der Waals surface area contributed by atoms with E-state index in [9.17, 15) is 14.3 Å². The van der Waals surface area contributed by atoms with Crippen LogP contribution < -0.4 is 5.73 Å². The monoisotopic (exact) mass is 904 g/mol. The molecule has 0 radical (unpaired) electrons. The predicted molar refractivity (Wildman–Crippen MR) is 270 cm³/mol. The van der Waals surface area contributed by atoms with Gasteiger partial charge in [0.25, 0.3) is 0 Å². The van der Waals surface area contributed by atoms with Crippen LogP contribution >= 0.6 is 7.82 Å². The van der Waals surface area contributed by atoms with Crippen molar-refractivity contribution in [3.05, 3.63) is 72.9 Å². The number of carbonyl (C=O) groups is 1. The van der Waals surface area contributed by atoms with E-state index in [1.807, 2.05) is 0 Å². The average molecular weight is 904 g/mol. The molecule has 3 N–H and O–H groups in total. The molecule has 9 heteroatoms. The van der Waals surface area contributed by atoms with Gasteiger partial charge in [-0.2, -0.15) is 0 Å². The van der Waals surface area contributed by atoms with Gasteiger partial charge in [0.05, 0.1) is 19.8 Å². The van der Waals surface area contributed by atoms with Crippen LogP contribution in [0.2, 0.25) is 0 Å². The maximum absolute atomic E-state index is 12.7. The average Bonchev–Trinajstić information content (AvgIpc) is 3.28. The molecular formula is C54H98NO7P. The molecule has 0 rings (SSSR count). The fourth-order valence-electron chi connectivity index (χ4n) is 7.12. The van der Waals surface area contributed by atoms with Gasteiger partial charge in [0.15, 0.2) is 0 Å². The number of phosphoric ester groups is 1. The van der Waals surface area contributed by atoms with Gasteiger partial charge in [-0.15, -0.1) is 0 Å². The van der Waals surface area contributed by atoms with Crippen LogP contribution in [0, 0.1) is 0 Å². The van der Waals surface area contributed by atoms with Crippen molar-refractivity contribution in [3.8, 4) is 0 Å². The van der Waals surface area contributed by atoms with Gasteiger partial charge in [-0.05, 0) is 64.2 Å². The Morgan fingerprint density at radius 3 is 1.33 bits per heavy atom. The van der Waals surface area contributed by atoms with Crippen LogP contribution in [0.3, 0.4) is 0 Å². The molecule has 2 atom stereocenters. The molecule has 0 amide bonds. The highest BCUT2D eigenvalue weighted by molar-refractivity contribution is 7.47. The lowest BCUT2D eigenvalue weighted by Crippen LogP contribution is -2.28. The van der Waals surface area contributed by atoms with Gasteiger partial charge in [0.1, 0.15) is 6.10 Å². The van der Waals surface area contributed by atoms with E-state index in [2.05, 4.69) is 86.8 Å². The van der Waals surface area contributed by atoms with Crippen molar-refractivity contribution in [2.24, 2.45) is 5.73 Å². The summed E-state index contributed by atoms with van der Waals surface area (Å²) in [5.74, 6) is -0.336. The number of nitrogens with two attached hydrogens (primary N) is 1. The minimum Gasteiger partial charge on any atom is -0.457 e. The van der Waals surface area contributed by atoms with Gasteiger partial charge in [-0.3, -0.25) is 13.8 Å². The maximum Gasteiger partial charge on any atom is 0.472 e. The van der Waals surface area contributed by atoms with Crippen LogP contribution in [0.4, 0.5) is 0 Å². The summed E-state index contributed by atoms with van der Waals surface area (Å²) < 4.78 is 33.6. The summed E-state index contributed by atoms with van der Waals surface area (Å²) in [6.45, 7) is 4.78. The largest absolute Gasteiger partial charge is 0.472 e. The van der Waals surface area contributed by atoms with E-state index in [1.54, 1.807) is 0 Å². The lowest BCUT2D eigenvalue weighted by atomic mass is 10.0. The molecular weight excluding hydrogens is 806 g/mol. The van der Waals surface area contributed by atoms with E-state index in [-0.39, 0.29) is 32.3 Å². The summed E-state index contributed by atoms with van der Waals surface area (Å²) in [5, 5.41) is 0. The SMILES string of the molecule is CC/C=C\C/C=C\C/C=C\C/C=C\C/C=C\C/C=C\CCCCCCCOCC(COP(=O)(O)OCCN)OC(=O)CCCCCCCCCCCCCCCCCCCCCC. The lowest BCUT2D eigenvalue weighted by Gasteiger charge is -2.20. The van der Waals surface area contributed by atoms with Crippen molar-refractivity contribution in [2.45, 2.75) is 232 Å². The molecule has 0 aliphatic heterocycles. The summed E-state index contributed by atoms with van der Waals surface area (Å²) in [6.07, 6.45) is 65.1. The molecule has 0 heterocycles. The molecule has 0 bridgehead atoms. The number of hydrogen-bond acceptors (Lipinski definition) is 7. The van der Waals surface area contributed by atoms with Crippen molar-refractivity contribution in [3.63, 3.8) is 0 Å². The van der Waals surface area contributed by atoms with E-state index in [0.717, 1.165) is 83.5 Å². The van der Waals surface area contributed by atoms with Crippen molar-refractivity contribution in [1.82, 2.24) is 0 Å². The van der Waals surface area contributed by atoms with Gasteiger partial charge < -0.3 is 20.1 Å². The number of esters is 1. The van der Waals surface area contributed by atoms with Gasteiger partial charge in [-0.25, -0.2) is 4.57 Å². The second kappa shape index (κ2) is 50.9. The summed E-state index contributed by atoms with van der Waals surface area (Å²) in [7, 11) is -4.29. The van der Waals surface area contributed by atoms with Crippen LogP contribution in [0.1, 0.15) is 226 Å². The molecule has 8 nitrogen and oxygen atoms in total. The van der Waals surface area contributed by atoms with Crippen LogP contribution in [-0.4, -0.2) is 49.9 Å². The summed E-state index contributed by atoms with van der Waals surface area (Å²) in [5.41, 5.74) is 5.39. The molecule has 0 aliphatic carbocycles. The quantitative estimate of drug-likeness (QED) is 0.0268. The van der Waals surface area contributed by atoms with E-state index >= 15 is 0 Å². The zero-order chi connectivity index (χ0) is 45.8. The van der Waals surface area contributed by atoms with Crippen LogP contribution in [0.25, 0.3) is 0 Å². The number of unbranched alkanes of at least 4 members (excludes halogenated alkanes) is 24. The van der Waals surface area contributed by atoms with Crippen molar-refractivity contribution in [1.29, 1.82) is 0 Å². The standard InChI is InChI=1S/C54H98NO7P/c1-3-5-7-9-11-13-15-17-19-21-23-25-26-27-28-30-32-34-36-38-40-42-44-46-49-59-51-53(52-61-63(57,58)60-50-48-55)62-54(56)47-45-43-41-39-37-35-33-31-29-24-22-20-18-16-14-12-10-8-6-4-2/h5,7,11,13,17,19,23,25,27-28,32,34,53H,3-4,6,8-10,12,14-16,18,20-22,24,26,29-31,33,35-52,55H2,1-2H3,(H,57,58)/b7-5-,13-11-,19-17-,25-23-,28-27-,34-32-. The van der Waals surface area contributed by atoms with Gasteiger partial charge in [0, 0.05) is 19.6 Å². The first-order valence-electron chi connectivity index (χ1n) is 25.9. The van der Waals surface area contributed by atoms with E-state index in [1.165, 1.54) is 122 Å². The Morgan fingerprint density at radius 2 is 0.889 bits per heavy atom. The van der Waals surface area contributed by atoms with E-state index < -0.39 is 13.9 Å². The first kappa shape index (κ1) is 60.9. The van der Waals surface area contributed by atoms with Crippen molar-refractivity contribution in [2.75, 3.05) is 33.0 Å². The fourth-order valence-corrected chi connectivity index (χ4v) is 7.88. The number of allylic oxidation sites excluding steroid dienone is 12. The first-order chi connectivity index (χ1) is 30.9. The molecule has 0 aromatic rings. The smallest absolute Gasteiger partial charge is 0.457 e. The minimum absolute atomic E-state index is 0.0947. The summed E-state index contributed by atoms with van der Waals surface area (Å²) in [6, 6.07) is 0. The molecule has 0 saturated carbocycles. The van der Waals surface area contributed by atoms with Gasteiger partial charge in [-0.1, -0.05) is 228 Å². The Kier molecular flexibility index (Phi) is 49.3. The zero-order valence-electron chi connectivity index (χ0n) is 40.8. The number of carbonyl (C=O) groups excluding carboxylic acids is 1. The second-order valence-corrected chi connectivity index (χ2v) is 18.5. The molecule has 0 aromatic heterocycles. The highest BCUT2D eigenvalue weighted by atomic mass is 31.2. The second-order valence-electron chi connectivity index (χ2n) is 17.0. The minimum atomic E-state index is -4.29. The highest BCUT2D eigenvalue weighted by Gasteiger charge is 2.25. The summed E-state index contributed by atoms with van der Waals surface area (Å²) >= 11 is 0. The highest BCUT2D eigenvalue weighted by Crippen LogP contribution is 2.43. The molecule has 0 spiro atoms. The number of rotatable bonds is 49. The summed E-state index contributed by atoms with van der Waals surface area (Å²) in [4.78, 5) is 22.6. The maximum atomic E-state index is 12.7. The topological polar surface area (TPSA) is 117 Å². The third kappa shape index (κ3) is 50.8. The van der Waals surface area contributed by atoms with Crippen LogP contribution in [0.5, 0.6) is 0 Å². The molecule has 2 unspecified atom stereocenters. The molecule has 0 aliphatic rings. The fraction of sp³-hybridized carbons (Fsp3) is 0.759. The number of ether oxygens (including phenoxy) is 2. The zero-order valence-corrected chi connectivity index (χ0v) is 41.7. The normalized spacial score (nSPS) is 13.9. The molecule has 0 aromatic carbocycles. The number of phosphoric acid groups is 1. The van der Waals surface area contributed by atoms with Crippen molar-refractivity contribution < 1.29 is 32.8 Å². The van der Waals surface area contributed by atoms with Gasteiger partial charge in [0.2, 0.25) is 0 Å². The van der Waals surface area contributed by atoms with E-state index in [4.69, 9.17) is 24.3 Å². The Balaban J connectivity index is 4.00. The number of hydrogen-bond donors (Lipinski definition) is 2. The van der Waals surface area contributed by atoms with Crippen LogP contribution in [-0.2, 0) is 27.9 Å². The predicted octanol–water partition coefficient (Wildman–Crippen LogP) is 16.3. The van der Waals surface area contributed by atoms with Gasteiger partial charge >= 0.3 is 13.8 Å². The third-order valence-corrected chi connectivity index (χ3v) is 11.9. The molecule has 0 saturated heterocycles. The first-order valence-corrected chi connectivity index (χ1v) is 27.4. The molecule has 0 fully saturated rings. The Bertz CT molecular complexity index is 1200. The molecule has 366 valence electrons. The Labute approximate surface area is 388 Å². The Morgan fingerprint density at radius 1 is 0.492 bits per heavy atom. The Hall–Kier alpha value is -2.06. The lowest BCUT2D eigenvalue weighted by molar-refractivity contribution is -0.154. The van der Waals surface area contributed by atoms with Crippen molar-refractivity contribution >= 4 is 13.8 Å². The third-order valence-electron chi connectivity index (χ3n) is 10.9. The molecule has 63 heavy (non-hydrogen) atoms.